The van der Waals surface area contributed by atoms with Crippen LogP contribution in [0.3, 0.4) is 0 Å². The van der Waals surface area contributed by atoms with Gasteiger partial charge in [0.2, 0.25) is 20.8 Å². The molecule has 0 spiro atoms. The van der Waals surface area contributed by atoms with E-state index in [0.717, 1.165) is 50.5 Å². The summed E-state index contributed by atoms with van der Waals surface area (Å²) < 4.78 is 89.3. The Morgan fingerprint density at radius 3 is 2.20 bits per heavy atom. The fourth-order valence-corrected chi connectivity index (χ4v) is 11.7. The number of hydrogen-bond donors (Lipinski definition) is 1. The topological polar surface area (TPSA) is 172 Å². The summed E-state index contributed by atoms with van der Waals surface area (Å²) in [6.07, 6.45) is 6.20. The number of ether oxygens (including phenoxy) is 2. The van der Waals surface area contributed by atoms with E-state index >= 15 is 0 Å². The summed E-state index contributed by atoms with van der Waals surface area (Å²) >= 11 is 0. The summed E-state index contributed by atoms with van der Waals surface area (Å²) in [5, 5.41) is 11.9. The summed E-state index contributed by atoms with van der Waals surface area (Å²) in [7, 11) is -9.63. The molecule has 4 fully saturated rings. The molecule has 11 nitrogen and oxygen atoms in total. The van der Waals surface area contributed by atoms with Crippen LogP contribution in [-0.2, 0) is 45.2 Å². The van der Waals surface area contributed by atoms with Crippen LogP contribution in [0, 0.1) is 52.3 Å². The van der Waals surface area contributed by atoms with E-state index in [-0.39, 0.29) is 107 Å². The fraction of sp³-hybridized carbons (Fsp3) is 0.829. The summed E-state index contributed by atoms with van der Waals surface area (Å²) in [6, 6.07) is 9.66. The van der Waals surface area contributed by atoms with Crippen molar-refractivity contribution in [3.63, 3.8) is 0 Å². The molecule has 4 aliphatic rings. The zero-order valence-electron chi connectivity index (χ0n) is 30.7. The van der Waals surface area contributed by atoms with Gasteiger partial charge in [0, 0.05) is 0 Å². The first kappa shape index (κ1) is 45.2. The maximum atomic E-state index is 11.9. The van der Waals surface area contributed by atoms with Crippen LogP contribution in [0.15, 0.2) is 30.3 Å². The molecule has 0 amide bonds. The standard InChI is InChI=1S/C35H56O11S2.2Na/c1-23(20-45-47(37,38)39)9-8-10-24(2)26-13-14-27-32-28(15-17-34(26,27)3)35(4)18-16-31(46-48(40,41)42)33(29(35)19-30(32)36)44-22-43-21-25-11-6-5-7-12-25;;/h5-7,11-12,23-24,26-33,36H,8-10,13-22H2,1-4H3,(H,37,38,39)(H,40,41,42);;/q;2*+1/p-2/t23-,24-,26-,27+,28+,29+,30-,31-,32+,33-,34-,35-;;/m1../s1. The monoisotopic (exact) mass is 760 g/mol. The van der Waals surface area contributed by atoms with Crippen LogP contribution >= 0.6 is 0 Å². The molecule has 1 N–H and O–H groups in total. The van der Waals surface area contributed by atoms with Crippen molar-refractivity contribution in [1.29, 1.82) is 0 Å². The zero-order chi connectivity index (χ0) is 34.9. The molecule has 0 aromatic heterocycles. The molecule has 15 heteroatoms. The maximum Gasteiger partial charge on any atom is 1.00 e. The van der Waals surface area contributed by atoms with Gasteiger partial charge in [-0.3, -0.25) is 8.37 Å². The van der Waals surface area contributed by atoms with E-state index in [9.17, 15) is 31.0 Å². The van der Waals surface area contributed by atoms with E-state index in [2.05, 4.69) is 25.0 Å². The minimum absolute atomic E-state index is 0. The van der Waals surface area contributed by atoms with Crippen molar-refractivity contribution in [3.05, 3.63) is 35.9 Å². The van der Waals surface area contributed by atoms with Crippen molar-refractivity contribution < 1.29 is 108 Å². The van der Waals surface area contributed by atoms with Crippen LogP contribution in [0.1, 0.15) is 97.5 Å². The van der Waals surface area contributed by atoms with Crippen LogP contribution in [0.25, 0.3) is 0 Å². The van der Waals surface area contributed by atoms with Gasteiger partial charge >= 0.3 is 59.1 Å². The molecule has 0 heterocycles. The van der Waals surface area contributed by atoms with E-state index in [1.165, 1.54) is 0 Å². The Kier molecular flexibility index (Phi) is 16.9. The van der Waals surface area contributed by atoms with Gasteiger partial charge in [0.1, 0.15) is 12.9 Å². The van der Waals surface area contributed by atoms with Crippen molar-refractivity contribution in [1.82, 2.24) is 0 Å². The van der Waals surface area contributed by atoms with Crippen molar-refractivity contribution >= 4 is 20.8 Å². The number of aliphatic hydroxyl groups excluding tert-OH is 1. The Labute approximate surface area is 344 Å². The number of benzene rings is 1. The summed E-state index contributed by atoms with van der Waals surface area (Å²) in [5.41, 5.74) is 0.850. The second kappa shape index (κ2) is 18.7. The quantitative estimate of drug-likeness (QED) is 0.0809. The second-order valence-corrected chi connectivity index (χ2v) is 17.9. The average molecular weight is 761 g/mol. The van der Waals surface area contributed by atoms with Gasteiger partial charge in [-0.2, -0.15) is 0 Å². The van der Waals surface area contributed by atoms with Crippen LogP contribution in [0.4, 0.5) is 0 Å². The molecule has 0 unspecified atom stereocenters. The van der Waals surface area contributed by atoms with E-state index in [4.69, 9.17) is 13.7 Å². The minimum atomic E-state index is -4.96. The third-order valence-electron chi connectivity index (χ3n) is 13.0. The molecule has 1 aromatic rings. The van der Waals surface area contributed by atoms with Crippen LogP contribution in [-0.4, -0.2) is 62.8 Å². The average Bonchev–Trinajstić information content (AvgIpc) is 3.36. The Balaban J connectivity index is 0.00000338. The van der Waals surface area contributed by atoms with Crippen LogP contribution in [0.2, 0.25) is 0 Å². The Bertz CT molecular complexity index is 1430. The molecule has 5 rings (SSSR count). The first-order valence-corrected chi connectivity index (χ1v) is 20.3. The zero-order valence-corrected chi connectivity index (χ0v) is 36.3. The van der Waals surface area contributed by atoms with Gasteiger partial charge in [-0.25, -0.2) is 16.8 Å². The number of hydrogen-bond acceptors (Lipinski definition) is 11. The van der Waals surface area contributed by atoms with Crippen molar-refractivity contribution in [2.45, 2.75) is 117 Å². The maximum absolute atomic E-state index is 11.9. The Hall–Kier alpha value is 0.840. The molecule has 274 valence electrons. The largest absolute Gasteiger partial charge is 1.00 e. The summed E-state index contributed by atoms with van der Waals surface area (Å²) in [5.74, 6) is 1.49. The summed E-state index contributed by atoms with van der Waals surface area (Å²) in [4.78, 5) is 0. The van der Waals surface area contributed by atoms with Gasteiger partial charge in [0.05, 0.1) is 25.4 Å². The first-order chi connectivity index (χ1) is 22.5. The molecule has 0 saturated heterocycles. The SMILES string of the molecule is C[C@H](CCC[C@@H](C)[C@H]1CC[C@H]2[C@@H]3[C@H](O)C[C@H]4[C@@H](OCOCc5ccccc5)[C@H](OS(=O)(=O)[O-])CC[C@]4(C)[C@H]3CC[C@]12C)COS(=O)(=O)[O-].[Na+].[Na+]. The van der Waals surface area contributed by atoms with Gasteiger partial charge in [-0.05, 0) is 109 Å². The molecule has 4 aliphatic carbocycles. The van der Waals surface area contributed by atoms with E-state index < -0.39 is 39.1 Å². The van der Waals surface area contributed by atoms with Crippen molar-refractivity contribution in [2.75, 3.05) is 13.4 Å². The van der Waals surface area contributed by atoms with E-state index in [1.807, 2.05) is 37.3 Å². The number of aliphatic hydroxyl groups is 1. The molecular weight excluding hydrogens is 706 g/mol. The molecule has 1 aromatic carbocycles. The second-order valence-electron chi connectivity index (χ2n) is 15.8. The first-order valence-electron chi connectivity index (χ1n) is 17.7. The van der Waals surface area contributed by atoms with Crippen LogP contribution < -0.4 is 59.1 Å². The Morgan fingerprint density at radius 2 is 1.54 bits per heavy atom. The predicted octanol–water partition coefficient (Wildman–Crippen LogP) is -0.442. The van der Waals surface area contributed by atoms with Crippen molar-refractivity contribution in [3.8, 4) is 0 Å². The minimum Gasteiger partial charge on any atom is -0.726 e. The van der Waals surface area contributed by atoms with Gasteiger partial charge in [0.25, 0.3) is 0 Å². The Morgan fingerprint density at radius 1 is 0.880 bits per heavy atom. The normalized spacial score (nSPS) is 36.5. The van der Waals surface area contributed by atoms with E-state index in [0.29, 0.717) is 43.6 Å². The third kappa shape index (κ3) is 10.8. The molecule has 0 radical (unpaired) electrons. The number of rotatable bonds is 15. The predicted molar refractivity (Wildman–Crippen MR) is 175 cm³/mol. The molecule has 12 atom stereocenters. The van der Waals surface area contributed by atoms with Gasteiger partial charge in [0.15, 0.2) is 0 Å². The van der Waals surface area contributed by atoms with Crippen LogP contribution in [0.5, 0.6) is 0 Å². The molecule has 4 saturated carbocycles. The summed E-state index contributed by atoms with van der Waals surface area (Å²) in [6.45, 7) is 9.05. The molecule has 0 bridgehead atoms. The molecular formula is C35H54Na2O11S2. The number of fused-ring (bicyclic) bond motifs is 5. The van der Waals surface area contributed by atoms with Gasteiger partial charge in [-0.1, -0.05) is 70.9 Å². The van der Waals surface area contributed by atoms with Crippen molar-refractivity contribution in [2.24, 2.45) is 52.3 Å². The molecule has 0 aliphatic heterocycles. The molecule has 50 heavy (non-hydrogen) atoms. The fourth-order valence-electron chi connectivity index (χ4n) is 10.8. The van der Waals surface area contributed by atoms with Gasteiger partial charge < -0.3 is 23.7 Å². The van der Waals surface area contributed by atoms with E-state index in [1.54, 1.807) is 0 Å². The van der Waals surface area contributed by atoms with Gasteiger partial charge in [-0.15, -0.1) is 0 Å². The third-order valence-corrected chi connectivity index (χ3v) is 13.9. The smallest absolute Gasteiger partial charge is 0.726 e.